The molecular weight excluding hydrogens is 469 g/mol. The predicted octanol–water partition coefficient (Wildman–Crippen LogP) is 5.71. The number of nitrogens with zero attached hydrogens (tertiary/aromatic N) is 2. The van der Waals surface area contributed by atoms with E-state index in [-0.39, 0.29) is 24.3 Å². The van der Waals surface area contributed by atoms with Gasteiger partial charge in [-0.1, -0.05) is 30.7 Å². The van der Waals surface area contributed by atoms with Gasteiger partial charge in [0.1, 0.15) is 0 Å². The highest BCUT2D eigenvalue weighted by Crippen LogP contribution is 2.31. The molecule has 0 atom stereocenters. The number of hydrogen-bond acceptors (Lipinski definition) is 3. The van der Waals surface area contributed by atoms with E-state index in [0.717, 1.165) is 31.4 Å². The van der Waals surface area contributed by atoms with Gasteiger partial charge in [-0.05, 0) is 60.9 Å². The molecule has 1 saturated carbocycles. The van der Waals surface area contributed by atoms with Gasteiger partial charge in [0, 0.05) is 23.4 Å². The van der Waals surface area contributed by atoms with Gasteiger partial charge in [-0.15, -0.1) is 0 Å². The average molecular weight is 493 g/mol. The molecule has 0 spiro atoms. The van der Waals surface area contributed by atoms with E-state index in [0.29, 0.717) is 33.4 Å². The lowest BCUT2D eigenvalue weighted by Crippen LogP contribution is -2.34. The molecule has 2 N–H and O–H groups in total. The van der Waals surface area contributed by atoms with Crippen LogP contribution in [0.3, 0.4) is 0 Å². The SMILES string of the molecule is O=C(Nc1cccc2c1cnn2-c1ccc(C(F)(F)F)cc1)c1ccccc1CNC(=O)C1CCC1. The smallest absolute Gasteiger partial charge is 0.352 e. The Morgan fingerprint density at radius 2 is 1.72 bits per heavy atom. The summed E-state index contributed by atoms with van der Waals surface area (Å²) in [5, 5.41) is 10.8. The number of carbonyl (C=O) groups excluding carboxylic acids is 2. The summed E-state index contributed by atoms with van der Waals surface area (Å²) in [5.41, 5.74) is 2.03. The number of rotatable bonds is 6. The Bertz CT molecular complexity index is 1420. The third-order valence-electron chi connectivity index (χ3n) is 6.49. The van der Waals surface area contributed by atoms with E-state index < -0.39 is 11.7 Å². The molecule has 1 aliphatic rings. The monoisotopic (exact) mass is 492 g/mol. The normalized spacial score (nSPS) is 13.9. The van der Waals surface area contributed by atoms with Gasteiger partial charge in [0.25, 0.3) is 5.91 Å². The van der Waals surface area contributed by atoms with Crippen LogP contribution in [0.15, 0.2) is 72.9 Å². The number of anilines is 1. The largest absolute Gasteiger partial charge is 0.416 e. The highest BCUT2D eigenvalue weighted by atomic mass is 19.4. The minimum Gasteiger partial charge on any atom is -0.352 e. The van der Waals surface area contributed by atoms with Crippen LogP contribution in [0.4, 0.5) is 18.9 Å². The summed E-state index contributed by atoms with van der Waals surface area (Å²) in [6, 6.07) is 17.1. The average Bonchev–Trinajstić information content (AvgIpc) is 3.26. The van der Waals surface area contributed by atoms with Crippen LogP contribution in [0.5, 0.6) is 0 Å². The molecule has 0 saturated heterocycles. The van der Waals surface area contributed by atoms with Crippen molar-refractivity contribution in [1.29, 1.82) is 0 Å². The van der Waals surface area contributed by atoms with Crippen LogP contribution in [-0.2, 0) is 17.5 Å². The first kappa shape index (κ1) is 23.6. The first-order chi connectivity index (χ1) is 17.3. The van der Waals surface area contributed by atoms with E-state index in [1.54, 1.807) is 42.6 Å². The molecule has 0 aliphatic heterocycles. The molecule has 1 fully saturated rings. The zero-order valence-electron chi connectivity index (χ0n) is 19.2. The van der Waals surface area contributed by atoms with Crippen molar-refractivity contribution in [3.8, 4) is 5.69 Å². The third-order valence-corrected chi connectivity index (χ3v) is 6.49. The molecular formula is C27H23F3N4O2. The second-order valence-corrected chi connectivity index (χ2v) is 8.80. The second-order valence-electron chi connectivity index (χ2n) is 8.80. The first-order valence-corrected chi connectivity index (χ1v) is 11.6. The van der Waals surface area contributed by atoms with E-state index in [4.69, 9.17) is 0 Å². The number of aromatic nitrogens is 2. The van der Waals surface area contributed by atoms with Crippen LogP contribution in [0.2, 0.25) is 0 Å². The zero-order valence-corrected chi connectivity index (χ0v) is 19.2. The van der Waals surface area contributed by atoms with Gasteiger partial charge in [0.2, 0.25) is 5.91 Å². The Balaban J connectivity index is 1.37. The molecule has 1 aliphatic carbocycles. The van der Waals surface area contributed by atoms with Crippen LogP contribution in [-0.4, -0.2) is 21.6 Å². The maximum atomic E-state index is 13.2. The van der Waals surface area contributed by atoms with E-state index in [1.807, 2.05) is 6.07 Å². The van der Waals surface area contributed by atoms with Gasteiger partial charge in [-0.25, -0.2) is 4.68 Å². The van der Waals surface area contributed by atoms with Gasteiger partial charge in [-0.3, -0.25) is 9.59 Å². The van der Waals surface area contributed by atoms with Crippen molar-refractivity contribution in [2.75, 3.05) is 5.32 Å². The minimum absolute atomic E-state index is 0.0110. The number of carbonyl (C=O) groups is 2. The van der Waals surface area contributed by atoms with Crippen molar-refractivity contribution in [2.45, 2.75) is 32.0 Å². The van der Waals surface area contributed by atoms with Crippen LogP contribution in [0, 0.1) is 5.92 Å². The van der Waals surface area contributed by atoms with E-state index in [2.05, 4.69) is 15.7 Å². The van der Waals surface area contributed by atoms with Crippen LogP contribution in [0.25, 0.3) is 16.6 Å². The highest BCUT2D eigenvalue weighted by Gasteiger charge is 2.30. The number of nitrogens with one attached hydrogen (secondary N) is 2. The maximum absolute atomic E-state index is 13.2. The molecule has 184 valence electrons. The summed E-state index contributed by atoms with van der Waals surface area (Å²) in [6.07, 6.45) is 0.0140. The van der Waals surface area contributed by atoms with Crippen LogP contribution >= 0.6 is 0 Å². The minimum atomic E-state index is -4.42. The molecule has 4 aromatic rings. The van der Waals surface area contributed by atoms with E-state index in [9.17, 15) is 22.8 Å². The molecule has 9 heteroatoms. The van der Waals surface area contributed by atoms with Gasteiger partial charge < -0.3 is 10.6 Å². The molecule has 36 heavy (non-hydrogen) atoms. The number of benzene rings is 3. The maximum Gasteiger partial charge on any atom is 0.416 e. The van der Waals surface area contributed by atoms with Crippen LogP contribution < -0.4 is 10.6 Å². The van der Waals surface area contributed by atoms with Gasteiger partial charge in [0.05, 0.1) is 28.7 Å². The number of fused-ring (bicyclic) bond motifs is 1. The summed E-state index contributed by atoms with van der Waals surface area (Å²) in [4.78, 5) is 25.4. The lowest BCUT2D eigenvalue weighted by molar-refractivity contribution is -0.137. The quantitative estimate of drug-likeness (QED) is 0.362. The second kappa shape index (κ2) is 9.49. The lowest BCUT2D eigenvalue weighted by atomic mass is 9.85. The van der Waals surface area contributed by atoms with E-state index in [1.165, 1.54) is 16.8 Å². The topological polar surface area (TPSA) is 76.0 Å². The Morgan fingerprint density at radius 3 is 2.42 bits per heavy atom. The fourth-order valence-electron chi connectivity index (χ4n) is 4.24. The van der Waals surface area contributed by atoms with Crippen molar-refractivity contribution in [2.24, 2.45) is 5.92 Å². The summed E-state index contributed by atoms with van der Waals surface area (Å²) in [7, 11) is 0. The van der Waals surface area contributed by atoms with Crippen molar-refractivity contribution in [3.63, 3.8) is 0 Å². The Kier molecular flexibility index (Phi) is 6.22. The molecule has 3 aromatic carbocycles. The van der Waals surface area contributed by atoms with Crippen LogP contribution in [0.1, 0.15) is 40.7 Å². The Hall–Kier alpha value is -4.14. The number of halogens is 3. The lowest BCUT2D eigenvalue weighted by Gasteiger charge is -2.24. The van der Waals surface area contributed by atoms with Gasteiger partial charge in [0.15, 0.2) is 0 Å². The molecule has 1 heterocycles. The highest BCUT2D eigenvalue weighted by molar-refractivity contribution is 6.09. The van der Waals surface area contributed by atoms with Crippen molar-refractivity contribution in [3.05, 3.63) is 89.6 Å². The van der Waals surface area contributed by atoms with Crippen molar-refractivity contribution >= 4 is 28.4 Å². The first-order valence-electron chi connectivity index (χ1n) is 11.6. The van der Waals surface area contributed by atoms with Gasteiger partial charge in [-0.2, -0.15) is 18.3 Å². The Labute approximate surface area is 205 Å². The summed E-state index contributed by atoms with van der Waals surface area (Å²) in [6.45, 7) is 0.259. The fraction of sp³-hybridized carbons (Fsp3) is 0.222. The van der Waals surface area contributed by atoms with Gasteiger partial charge >= 0.3 is 6.18 Å². The number of amides is 2. The molecule has 0 bridgehead atoms. The third kappa shape index (κ3) is 4.68. The fourth-order valence-corrected chi connectivity index (χ4v) is 4.24. The standard InChI is InChI=1S/C27H23F3N4O2/c28-27(29,30)19-11-13-20(14-12-19)34-24-10-4-9-23(22(24)16-32-34)33-26(36)21-8-2-1-5-18(21)15-31-25(35)17-6-3-7-17/h1-2,4-5,8-14,16-17H,3,6-7,15H2,(H,31,35)(H,33,36). The molecule has 1 aromatic heterocycles. The molecule has 2 amide bonds. The summed E-state index contributed by atoms with van der Waals surface area (Å²) < 4.78 is 40.3. The summed E-state index contributed by atoms with van der Waals surface area (Å²) >= 11 is 0. The molecule has 0 radical (unpaired) electrons. The van der Waals surface area contributed by atoms with Crippen molar-refractivity contribution < 1.29 is 22.8 Å². The number of hydrogen-bond donors (Lipinski definition) is 2. The Morgan fingerprint density at radius 1 is 0.972 bits per heavy atom. The predicted molar refractivity (Wildman–Crippen MR) is 130 cm³/mol. The molecule has 6 nitrogen and oxygen atoms in total. The molecule has 0 unspecified atom stereocenters. The number of alkyl halides is 3. The van der Waals surface area contributed by atoms with Crippen molar-refractivity contribution in [1.82, 2.24) is 15.1 Å². The summed E-state index contributed by atoms with van der Waals surface area (Å²) in [5.74, 6) is -0.264. The zero-order chi connectivity index (χ0) is 25.3. The van der Waals surface area contributed by atoms with E-state index >= 15 is 0 Å². The molecule has 5 rings (SSSR count).